The van der Waals surface area contributed by atoms with Crippen LogP contribution >= 0.6 is 0 Å². The Morgan fingerprint density at radius 2 is 1.67 bits per heavy atom. The average molecular weight is 523 g/mol. The van der Waals surface area contributed by atoms with Crippen molar-refractivity contribution in [1.29, 1.82) is 0 Å². The maximum Gasteiger partial charge on any atom is 0.325 e. The van der Waals surface area contributed by atoms with Crippen molar-refractivity contribution >= 4 is 34.4 Å². The lowest BCUT2D eigenvalue weighted by Crippen LogP contribution is -2.57. The molecule has 2 saturated heterocycles. The van der Waals surface area contributed by atoms with Crippen LogP contribution in [0, 0.1) is 11.8 Å². The second-order valence-electron chi connectivity index (χ2n) is 10.3. The zero-order valence-electron chi connectivity index (χ0n) is 21.8. The first-order valence-electron chi connectivity index (χ1n) is 13.4. The molecule has 2 aliphatic heterocycles. The number of nitrogens with one attached hydrogen (secondary N) is 2. The van der Waals surface area contributed by atoms with Gasteiger partial charge >= 0.3 is 5.97 Å². The van der Waals surface area contributed by atoms with Crippen LogP contribution in [0.25, 0.3) is 10.9 Å². The van der Waals surface area contributed by atoms with E-state index < -0.39 is 35.3 Å². The summed E-state index contributed by atoms with van der Waals surface area (Å²) in [6.45, 7) is 3.97. The Bertz CT molecular complexity index is 1570. The first-order chi connectivity index (χ1) is 18.9. The predicted octanol–water partition coefficient (Wildman–Crippen LogP) is 4.20. The fraction of sp³-hybridized carbons (Fsp3) is 0.290. The van der Waals surface area contributed by atoms with Gasteiger partial charge in [-0.2, -0.15) is 0 Å². The molecule has 2 aromatic heterocycles. The largest absolute Gasteiger partial charge is 0.480 e. The Kier molecular flexibility index (Phi) is 6.07. The number of imide groups is 1. The number of rotatable bonds is 7. The van der Waals surface area contributed by atoms with Crippen molar-refractivity contribution in [2.75, 3.05) is 4.90 Å². The van der Waals surface area contributed by atoms with Crippen LogP contribution in [0.3, 0.4) is 0 Å². The fourth-order valence-corrected chi connectivity index (χ4v) is 6.55. The molecule has 8 heteroatoms. The third-order valence-corrected chi connectivity index (χ3v) is 8.38. The van der Waals surface area contributed by atoms with Crippen molar-refractivity contribution in [1.82, 2.24) is 15.3 Å². The number of carboxylic acids is 1. The van der Waals surface area contributed by atoms with Crippen LogP contribution in [0.4, 0.5) is 5.69 Å². The van der Waals surface area contributed by atoms with Gasteiger partial charge in [0.1, 0.15) is 5.54 Å². The monoisotopic (exact) mass is 522 g/mol. The predicted molar refractivity (Wildman–Crippen MR) is 147 cm³/mol. The third kappa shape index (κ3) is 3.70. The van der Waals surface area contributed by atoms with Gasteiger partial charge < -0.3 is 10.1 Å². The average Bonchev–Trinajstić information content (AvgIpc) is 3.61. The molecule has 4 aromatic rings. The number of hydrogen-bond donors (Lipinski definition) is 3. The minimum atomic E-state index is -1.72. The van der Waals surface area contributed by atoms with Gasteiger partial charge in [-0.25, -0.2) is 4.90 Å². The molecule has 4 heterocycles. The van der Waals surface area contributed by atoms with Crippen LogP contribution in [0.15, 0.2) is 73.1 Å². The molecule has 6 rings (SSSR count). The van der Waals surface area contributed by atoms with E-state index in [-0.39, 0.29) is 12.3 Å². The fourth-order valence-electron chi connectivity index (χ4n) is 6.55. The van der Waals surface area contributed by atoms with Gasteiger partial charge in [-0.05, 0) is 47.7 Å². The molecule has 39 heavy (non-hydrogen) atoms. The second kappa shape index (κ2) is 9.47. The number of H-pyrrole nitrogens is 1. The van der Waals surface area contributed by atoms with Gasteiger partial charge in [-0.1, -0.05) is 56.3 Å². The molecule has 4 unspecified atom stereocenters. The topological polar surface area (TPSA) is 115 Å². The highest BCUT2D eigenvalue weighted by molar-refractivity contribution is 6.25. The van der Waals surface area contributed by atoms with Crippen LogP contribution in [0.2, 0.25) is 0 Å². The SMILES string of the molecule is CCc1cccc(CC)c1N1C(=O)C2C(c3ccccn3)NC(Cc3c[nH]c4ccccc34)(C(=O)O)C2C1=O. The number of carbonyl (C=O) groups excluding carboxylic acids is 2. The first kappa shape index (κ1) is 25.0. The highest BCUT2D eigenvalue weighted by atomic mass is 16.4. The highest BCUT2D eigenvalue weighted by Gasteiger charge is 2.69. The first-order valence-corrected chi connectivity index (χ1v) is 13.4. The molecule has 3 N–H and O–H groups in total. The number of aromatic nitrogens is 2. The number of anilines is 1. The summed E-state index contributed by atoms with van der Waals surface area (Å²) in [5, 5.41) is 15.0. The van der Waals surface area contributed by atoms with Crippen LogP contribution in [0.1, 0.15) is 42.3 Å². The summed E-state index contributed by atoms with van der Waals surface area (Å²) >= 11 is 0. The zero-order chi connectivity index (χ0) is 27.3. The third-order valence-electron chi connectivity index (χ3n) is 8.38. The van der Waals surface area contributed by atoms with E-state index in [9.17, 15) is 19.5 Å². The highest BCUT2D eigenvalue weighted by Crippen LogP contribution is 2.51. The van der Waals surface area contributed by atoms with Gasteiger partial charge in [0, 0.05) is 29.7 Å². The van der Waals surface area contributed by atoms with Crippen molar-refractivity contribution in [3.05, 3.63) is 95.4 Å². The van der Waals surface area contributed by atoms with Gasteiger partial charge in [0.05, 0.1) is 29.3 Å². The van der Waals surface area contributed by atoms with Crippen LogP contribution in [-0.2, 0) is 33.6 Å². The quantitative estimate of drug-likeness (QED) is 0.313. The van der Waals surface area contributed by atoms with E-state index in [1.54, 1.807) is 30.6 Å². The Morgan fingerprint density at radius 3 is 2.33 bits per heavy atom. The molecule has 0 bridgehead atoms. The van der Waals surface area contributed by atoms with Crippen LogP contribution in [0.5, 0.6) is 0 Å². The molecule has 2 aromatic carbocycles. The summed E-state index contributed by atoms with van der Waals surface area (Å²) < 4.78 is 0. The lowest BCUT2D eigenvalue weighted by molar-refractivity contribution is -0.148. The Hall–Kier alpha value is -4.30. The molecule has 2 aliphatic rings. The summed E-state index contributed by atoms with van der Waals surface area (Å²) in [5.41, 5.74) is 2.83. The van der Waals surface area contributed by atoms with Crippen molar-refractivity contribution in [2.24, 2.45) is 11.8 Å². The molecule has 0 spiro atoms. The number of aliphatic carboxylic acids is 1. The van der Waals surface area contributed by atoms with E-state index in [2.05, 4.69) is 15.3 Å². The van der Waals surface area contributed by atoms with E-state index in [4.69, 9.17) is 0 Å². The molecule has 4 atom stereocenters. The maximum atomic E-state index is 14.4. The van der Waals surface area contributed by atoms with Crippen LogP contribution < -0.4 is 10.2 Å². The molecule has 0 radical (unpaired) electrons. The minimum absolute atomic E-state index is 0.0275. The lowest BCUT2D eigenvalue weighted by Gasteiger charge is -2.32. The van der Waals surface area contributed by atoms with Gasteiger partial charge in [0.15, 0.2) is 0 Å². The van der Waals surface area contributed by atoms with Gasteiger partial charge in [-0.15, -0.1) is 0 Å². The van der Waals surface area contributed by atoms with Crippen molar-refractivity contribution in [3.8, 4) is 0 Å². The Morgan fingerprint density at radius 1 is 0.949 bits per heavy atom. The van der Waals surface area contributed by atoms with E-state index in [0.29, 0.717) is 24.2 Å². The van der Waals surface area contributed by atoms with Crippen LogP contribution in [-0.4, -0.2) is 38.4 Å². The molecule has 2 fully saturated rings. The van der Waals surface area contributed by atoms with E-state index in [1.807, 2.05) is 56.3 Å². The van der Waals surface area contributed by atoms with E-state index >= 15 is 0 Å². The maximum absolute atomic E-state index is 14.4. The van der Waals surface area contributed by atoms with Crippen molar-refractivity contribution < 1.29 is 19.5 Å². The van der Waals surface area contributed by atoms with Crippen molar-refractivity contribution in [2.45, 2.75) is 44.7 Å². The molecule has 2 amide bonds. The van der Waals surface area contributed by atoms with Gasteiger partial charge in [0.2, 0.25) is 11.8 Å². The summed E-state index contributed by atoms with van der Waals surface area (Å²) in [7, 11) is 0. The molecule has 198 valence electrons. The van der Waals surface area contributed by atoms with E-state index in [0.717, 1.165) is 27.6 Å². The second-order valence-corrected chi connectivity index (χ2v) is 10.3. The van der Waals surface area contributed by atoms with E-state index in [1.165, 1.54) is 4.90 Å². The van der Waals surface area contributed by atoms with Gasteiger partial charge in [-0.3, -0.25) is 24.7 Å². The summed E-state index contributed by atoms with van der Waals surface area (Å²) in [4.78, 5) is 50.9. The lowest BCUT2D eigenvalue weighted by atomic mass is 9.76. The standard InChI is InChI=1S/C31H30N4O4/c1-3-18-10-9-11-19(4-2)27(18)35-28(36)24-25(29(35)37)31(30(38)39,34-26(24)23-14-7-8-15-32-23)16-20-17-33-22-13-6-5-12-21(20)22/h5-15,17,24-26,33-34H,3-4,16H2,1-2H3,(H,38,39). The number of pyridine rings is 1. The summed E-state index contributed by atoms with van der Waals surface area (Å²) in [5.74, 6) is -4.05. The van der Waals surface area contributed by atoms with Gasteiger partial charge in [0.25, 0.3) is 0 Å². The molecule has 8 nitrogen and oxygen atoms in total. The zero-order valence-corrected chi connectivity index (χ0v) is 21.8. The number of carbonyl (C=O) groups is 3. The van der Waals surface area contributed by atoms with Crippen molar-refractivity contribution in [3.63, 3.8) is 0 Å². The normalized spacial score (nSPS) is 24.5. The molecule has 0 saturated carbocycles. The Labute approximate surface area is 226 Å². The number of para-hydroxylation sites is 2. The number of aryl methyl sites for hydroxylation is 2. The minimum Gasteiger partial charge on any atom is -0.480 e. The number of aromatic amines is 1. The number of amides is 2. The number of hydrogen-bond acceptors (Lipinski definition) is 5. The molecule has 0 aliphatic carbocycles. The molecular weight excluding hydrogens is 492 g/mol. The summed E-state index contributed by atoms with van der Waals surface area (Å²) in [6, 6.07) is 18.1. The smallest absolute Gasteiger partial charge is 0.325 e. The Balaban J connectivity index is 1.54. The number of benzene rings is 2. The summed E-state index contributed by atoms with van der Waals surface area (Å²) in [6.07, 6.45) is 4.71. The number of carboxylic acid groups (broad SMARTS) is 1. The number of nitrogens with zero attached hydrogens (tertiary/aromatic N) is 2. The molecular formula is C31H30N4O4. The number of fused-ring (bicyclic) bond motifs is 2.